The van der Waals surface area contributed by atoms with Crippen LogP contribution in [0.1, 0.15) is 54.6 Å². The number of hydrogen-bond donors (Lipinski definition) is 2. The molecule has 1 aromatic carbocycles. The lowest BCUT2D eigenvalue weighted by Crippen LogP contribution is -2.19. The lowest BCUT2D eigenvalue weighted by atomic mass is 9.87. The van der Waals surface area contributed by atoms with E-state index >= 15 is 0 Å². The Bertz CT molecular complexity index is 998. The maximum Gasteiger partial charge on any atom is 0.250 e. The second-order valence-corrected chi connectivity index (χ2v) is 7.94. The molecule has 0 spiro atoms. The Morgan fingerprint density at radius 1 is 1.03 bits per heavy atom. The molecule has 3 N–H and O–H groups in total. The van der Waals surface area contributed by atoms with Gasteiger partial charge < -0.3 is 15.8 Å². The van der Waals surface area contributed by atoms with Gasteiger partial charge in [-0.25, -0.2) is 4.98 Å². The smallest absolute Gasteiger partial charge is 0.250 e. The van der Waals surface area contributed by atoms with Crippen LogP contribution in [-0.2, 0) is 6.54 Å². The summed E-state index contributed by atoms with van der Waals surface area (Å²) in [6.07, 6.45) is 11.3. The molecule has 0 saturated heterocycles. The van der Waals surface area contributed by atoms with Gasteiger partial charge in [-0.3, -0.25) is 9.78 Å². The summed E-state index contributed by atoms with van der Waals surface area (Å²) >= 11 is 0. The molecule has 0 radical (unpaired) electrons. The Morgan fingerprint density at radius 3 is 2.57 bits per heavy atom. The highest BCUT2D eigenvalue weighted by atomic mass is 16.5. The van der Waals surface area contributed by atoms with Gasteiger partial charge in [-0.2, -0.15) is 0 Å². The van der Waals surface area contributed by atoms with Crippen LogP contribution in [-0.4, -0.2) is 22.4 Å². The van der Waals surface area contributed by atoms with Crippen LogP contribution in [0.2, 0.25) is 0 Å². The maximum absolute atomic E-state index is 11.2. The van der Waals surface area contributed by atoms with E-state index in [0.717, 1.165) is 35.5 Å². The van der Waals surface area contributed by atoms with Crippen LogP contribution in [0.5, 0.6) is 11.6 Å². The highest BCUT2D eigenvalue weighted by Crippen LogP contribution is 2.30. The first-order valence-electron chi connectivity index (χ1n) is 10.7. The second kappa shape index (κ2) is 9.67. The lowest BCUT2D eigenvalue weighted by Gasteiger charge is -2.21. The third-order valence-corrected chi connectivity index (χ3v) is 5.82. The molecule has 156 valence electrons. The van der Waals surface area contributed by atoms with Crippen molar-refractivity contribution in [2.75, 3.05) is 6.54 Å². The number of carbonyl (C=O) groups excluding carboxylic acids is 1. The second-order valence-electron chi connectivity index (χ2n) is 7.94. The predicted molar refractivity (Wildman–Crippen MR) is 117 cm³/mol. The molecule has 2 aromatic heterocycles. The van der Waals surface area contributed by atoms with Crippen LogP contribution < -0.4 is 15.8 Å². The molecule has 1 saturated carbocycles. The predicted octanol–water partition coefficient (Wildman–Crippen LogP) is 4.58. The summed E-state index contributed by atoms with van der Waals surface area (Å²) in [6, 6.07) is 11.3. The van der Waals surface area contributed by atoms with E-state index in [1.165, 1.54) is 44.7 Å². The molecule has 1 aliphatic rings. The van der Waals surface area contributed by atoms with Crippen LogP contribution in [0.3, 0.4) is 0 Å². The Morgan fingerprint density at radius 2 is 1.83 bits per heavy atom. The van der Waals surface area contributed by atoms with Gasteiger partial charge >= 0.3 is 0 Å². The Balaban J connectivity index is 1.43. The summed E-state index contributed by atoms with van der Waals surface area (Å²) < 4.78 is 5.94. The van der Waals surface area contributed by atoms with Gasteiger partial charge in [-0.05, 0) is 24.9 Å². The van der Waals surface area contributed by atoms with Crippen molar-refractivity contribution in [3.63, 3.8) is 0 Å². The summed E-state index contributed by atoms with van der Waals surface area (Å²) in [4.78, 5) is 20.0. The van der Waals surface area contributed by atoms with E-state index in [2.05, 4.69) is 21.4 Å². The molecule has 1 aliphatic carbocycles. The summed E-state index contributed by atoms with van der Waals surface area (Å²) in [5, 5.41) is 5.62. The summed E-state index contributed by atoms with van der Waals surface area (Å²) in [6.45, 7) is 1.76. The van der Waals surface area contributed by atoms with Gasteiger partial charge in [-0.1, -0.05) is 56.4 Å². The van der Waals surface area contributed by atoms with Gasteiger partial charge in [0, 0.05) is 29.6 Å². The standard InChI is InChI=1S/C24H28N4O2/c25-24(29)18-10-11-23(28-14-18)30-22-16-27-21(19-8-4-5-9-20(19)22)15-26-13-12-17-6-2-1-3-7-17/h4-5,8-11,14,16-17,26H,1-3,6-7,12-13,15H2,(H2,25,29). The van der Waals surface area contributed by atoms with E-state index in [1.807, 2.05) is 18.2 Å². The first-order chi connectivity index (χ1) is 14.7. The molecule has 3 aromatic rings. The van der Waals surface area contributed by atoms with Gasteiger partial charge in [0.25, 0.3) is 0 Å². The minimum atomic E-state index is -0.512. The average Bonchev–Trinajstić information content (AvgIpc) is 2.79. The van der Waals surface area contributed by atoms with E-state index in [4.69, 9.17) is 10.5 Å². The van der Waals surface area contributed by atoms with E-state index < -0.39 is 5.91 Å². The normalized spacial score (nSPS) is 14.7. The average molecular weight is 405 g/mol. The molecule has 4 rings (SSSR count). The van der Waals surface area contributed by atoms with E-state index in [1.54, 1.807) is 18.3 Å². The fourth-order valence-electron chi connectivity index (χ4n) is 4.14. The molecule has 6 nitrogen and oxygen atoms in total. The molecule has 1 fully saturated rings. The maximum atomic E-state index is 11.2. The number of ether oxygens (including phenoxy) is 1. The van der Waals surface area contributed by atoms with Gasteiger partial charge in [0.1, 0.15) is 0 Å². The minimum Gasteiger partial charge on any atom is -0.437 e. The minimum absolute atomic E-state index is 0.347. The van der Waals surface area contributed by atoms with Gasteiger partial charge in [0.05, 0.1) is 17.5 Å². The van der Waals surface area contributed by atoms with Crippen molar-refractivity contribution >= 4 is 16.7 Å². The molecule has 0 bridgehead atoms. The number of aromatic nitrogens is 2. The zero-order chi connectivity index (χ0) is 20.8. The highest BCUT2D eigenvalue weighted by Gasteiger charge is 2.13. The number of primary amides is 1. The molecule has 0 atom stereocenters. The van der Waals surface area contributed by atoms with Crippen molar-refractivity contribution in [1.29, 1.82) is 0 Å². The molecular weight excluding hydrogens is 376 g/mol. The molecule has 1 amide bonds. The number of hydrogen-bond acceptors (Lipinski definition) is 5. The first-order valence-corrected chi connectivity index (χ1v) is 10.7. The van der Waals surface area contributed by atoms with Crippen LogP contribution >= 0.6 is 0 Å². The fraction of sp³-hybridized carbons (Fsp3) is 0.375. The number of benzene rings is 1. The number of carbonyl (C=O) groups is 1. The van der Waals surface area contributed by atoms with E-state index in [-0.39, 0.29) is 0 Å². The number of fused-ring (bicyclic) bond motifs is 1. The third kappa shape index (κ3) is 4.94. The van der Waals surface area contributed by atoms with Crippen molar-refractivity contribution < 1.29 is 9.53 Å². The van der Waals surface area contributed by atoms with Crippen molar-refractivity contribution in [3.05, 3.63) is 60.0 Å². The number of amides is 1. The molecular formula is C24H28N4O2. The van der Waals surface area contributed by atoms with Gasteiger partial charge in [-0.15, -0.1) is 0 Å². The van der Waals surface area contributed by atoms with Gasteiger partial charge in [0.15, 0.2) is 5.75 Å². The molecule has 0 unspecified atom stereocenters. The SMILES string of the molecule is NC(=O)c1ccc(Oc2cnc(CNCCC3CCCCC3)c3ccccc23)nc1. The van der Waals surface area contributed by atoms with E-state index in [0.29, 0.717) is 17.2 Å². The lowest BCUT2D eigenvalue weighted by molar-refractivity contribution is 0.1000. The Hall–Kier alpha value is -2.99. The van der Waals surface area contributed by atoms with Crippen molar-refractivity contribution in [2.24, 2.45) is 11.7 Å². The molecule has 30 heavy (non-hydrogen) atoms. The molecule has 2 heterocycles. The number of nitrogens with one attached hydrogen (secondary N) is 1. The summed E-state index contributed by atoms with van der Waals surface area (Å²) in [5.41, 5.74) is 6.62. The van der Waals surface area contributed by atoms with Crippen LogP contribution in [0.15, 0.2) is 48.8 Å². The van der Waals surface area contributed by atoms with Crippen LogP contribution in [0.4, 0.5) is 0 Å². The zero-order valence-corrected chi connectivity index (χ0v) is 17.1. The topological polar surface area (TPSA) is 90.1 Å². The monoisotopic (exact) mass is 404 g/mol. The summed E-state index contributed by atoms with van der Waals surface area (Å²) in [7, 11) is 0. The Kier molecular flexibility index (Phi) is 6.54. The first kappa shape index (κ1) is 20.3. The number of pyridine rings is 2. The van der Waals surface area contributed by atoms with Crippen molar-refractivity contribution in [1.82, 2.24) is 15.3 Å². The molecule has 6 heteroatoms. The van der Waals surface area contributed by atoms with Crippen LogP contribution in [0, 0.1) is 5.92 Å². The zero-order valence-electron chi connectivity index (χ0n) is 17.1. The number of nitrogens with zero attached hydrogens (tertiary/aromatic N) is 2. The Labute approximate surface area is 176 Å². The quantitative estimate of drug-likeness (QED) is 0.536. The number of nitrogens with two attached hydrogens (primary N) is 1. The third-order valence-electron chi connectivity index (χ3n) is 5.82. The fourth-order valence-corrected chi connectivity index (χ4v) is 4.14. The van der Waals surface area contributed by atoms with Crippen molar-refractivity contribution in [3.8, 4) is 11.6 Å². The summed E-state index contributed by atoms with van der Waals surface area (Å²) in [5.74, 6) is 1.39. The van der Waals surface area contributed by atoms with Crippen LogP contribution in [0.25, 0.3) is 10.8 Å². The molecule has 0 aliphatic heterocycles. The van der Waals surface area contributed by atoms with E-state index in [9.17, 15) is 4.79 Å². The highest BCUT2D eigenvalue weighted by molar-refractivity contribution is 5.92. The number of rotatable bonds is 8. The van der Waals surface area contributed by atoms with Crippen molar-refractivity contribution in [2.45, 2.75) is 45.1 Å². The van der Waals surface area contributed by atoms with Gasteiger partial charge in [0.2, 0.25) is 11.8 Å². The largest absolute Gasteiger partial charge is 0.437 e.